The van der Waals surface area contributed by atoms with Crippen LogP contribution in [-0.4, -0.2) is 24.9 Å². The summed E-state index contributed by atoms with van der Waals surface area (Å²) in [5.41, 5.74) is 2.02. The molecule has 1 aliphatic carbocycles. The van der Waals surface area contributed by atoms with E-state index in [9.17, 15) is 9.59 Å². The van der Waals surface area contributed by atoms with Crippen LogP contribution >= 0.6 is 0 Å². The minimum atomic E-state index is -0.0908. The summed E-state index contributed by atoms with van der Waals surface area (Å²) in [5.74, 6) is -0.140. The van der Waals surface area contributed by atoms with E-state index in [0.29, 0.717) is 11.1 Å². The lowest BCUT2D eigenvalue weighted by Gasteiger charge is -2.18. The second-order valence-electron chi connectivity index (χ2n) is 6.94. The van der Waals surface area contributed by atoms with Gasteiger partial charge in [0.15, 0.2) is 0 Å². The van der Waals surface area contributed by atoms with Gasteiger partial charge >= 0.3 is 0 Å². The molecule has 1 saturated carbocycles. The molecule has 136 valence electrons. The van der Waals surface area contributed by atoms with Crippen LogP contribution in [0.15, 0.2) is 54.6 Å². The first kappa shape index (κ1) is 18.2. The quantitative estimate of drug-likeness (QED) is 0.830. The van der Waals surface area contributed by atoms with Gasteiger partial charge < -0.3 is 10.2 Å². The molecule has 0 unspecified atom stereocenters. The topological polar surface area (TPSA) is 49.4 Å². The van der Waals surface area contributed by atoms with Crippen LogP contribution in [0.5, 0.6) is 0 Å². The summed E-state index contributed by atoms with van der Waals surface area (Å²) in [5, 5.41) is 3.14. The van der Waals surface area contributed by atoms with Gasteiger partial charge in [-0.25, -0.2) is 0 Å². The van der Waals surface area contributed by atoms with E-state index in [-0.39, 0.29) is 17.9 Å². The molecule has 0 spiro atoms. The number of rotatable bonds is 4. The third kappa shape index (κ3) is 4.51. The van der Waals surface area contributed by atoms with E-state index in [2.05, 4.69) is 5.32 Å². The van der Waals surface area contributed by atoms with Gasteiger partial charge in [0, 0.05) is 29.9 Å². The summed E-state index contributed by atoms with van der Waals surface area (Å²) in [4.78, 5) is 26.7. The first-order valence-electron chi connectivity index (χ1n) is 9.39. The second-order valence-corrected chi connectivity index (χ2v) is 6.94. The van der Waals surface area contributed by atoms with E-state index >= 15 is 0 Å². The molecule has 0 aromatic heterocycles. The number of amides is 2. The minimum Gasteiger partial charge on any atom is -0.349 e. The summed E-state index contributed by atoms with van der Waals surface area (Å²) in [6.45, 7) is 0. The smallest absolute Gasteiger partial charge is 0.258 e. The molecule has 1 fully saturated rings. The Hall–Kier alpha value is -2.62. The average Bonchev–Trinajstić information content (AvgIpc) is 2.96. The Morgan fingerprint density at radius 3 is 2.04 bits per heavy atom. The van der Waals surface area contributed by atoms with Crippen LogP contribution < -0.4 is 10.2 Å². The van der Waals surface area contributed by atoms with Crippen LogP contribution in [0.2, 0.25) is 0 Å². The van der Waals surface area contributed by atoms with Crippen molar-refractivity contribution in [2.24, 2.45) is 0 Å². The third-order valence-electron chi connectivity index (χ3n) is 5.03. The third-order valence-corrected chi connectivity index (χ3v) is 5.03. The summed E-state index contributed by atoms with van der Waals surface area (Å²) >= 11 is 0. The highest BCUT2D eigenvalue weighted by atomic mass is 16.2. The molecular formula is C22H26N2O2. The zero-order valence-corrected chi connectivity index (χ0v) is 15.3. The summed E-state index contributed by atoms with van der Waals surface area (Å²) in [6, 6.07) is 16.7. The molecule has 0 radical (unpaired) electrons. The van der Waals surface area contributed by atoms with Crippen molar-refractivity contribution in [2.75, 3.05) is 11.9 Å². The first-order valence-corrected chi connectivity index (χ1v) is 9.39. The molecule has 0 aliphatic heterocycles. The van der Waals surface area contributed by atoms with E-state index in [0.717, 1.165) is 18.5 Å². The summed E-state index contributed by atoms with van der Waals surface area (Å²) < 4.78 is 0. The highest BCUT2D eigenvalue weighted by Gasteiger charge is 2.17. The molecule has 0 bridgehead atoms. The lowest BCUT2D eigenvalue weighted by Crippen LogP contribution is -2.34. The van der Waals surface area contributed by atoms with Crippen LogP contribution in [0.4, 0.5) is 5.69 Å². The molecule has 0 saturated heterocycles. The van der Waals surface area contributed by atoms with E-state index in [1.54, 1.807) is 36.2 Å². The number of nitrogens with zero attached hydrogens (tertiary/aromatic N) is 1. The maximum Gasteiger partial charge on any atom is 0.258 e. The Morgan fingerprint density at radius 2 is 1.42 bits per heavy atom. The van der Waals surface area contributed by atoms with Crippen molar-refractivity contribution in [2.45, 2.75) is 44.6 Å². The minimum absolute atomic E-state index is 0.0488. The van der Waals surface area contributed by atoms with Crippen molar-refractivity contribution in [1.82, 2.24) is 5.32 Å². The first-order chi connectivity index (χ1) is 12.6. The number of benzene rings is 2. The molecule has 0 atom stereocenters. The highest BCUT2D eigenvalue weighted by molar-refractivity contribution is 6.06. The van der Waals surface area contributed by atoms with Crippen molar-refractivity contribution >= 4 is 17.5 Å². The van der Waals surface area contributed by atoms with E-state index < -0.39 is 0 Å². The summed E-state index contributed by atoms with van der Waals surface area (Å²) in [6.07, 6.45) is 7.01. The van der Waals surface area contributed by atoms with Crippen LogP contribution in [0.1, 0.15) is 59.2 Å². The van der Waals surface area contributed by atoms with Crippen molar-refractivity contribution < 1.29 is 9.59 Å². The Morgan fingerprint density at radius 1 is 0.846 bits per heavy atom. The van der Waals surface area contributed by atoms with Gasteiger partial charge in [-0.15, -0.1) is 0 Å². The SMILES string of the molecule is CN(C(=O)c1ccc(C(=O)NC2CCCCCC2)cc1)c1ccccc1. The van der Waals surface area contributed by atoms with Crippen LogP contribution in [-0.2, 0) is 0 Å². The molecule has 3 rings (SSSR count). The number of hydrogen-bond acceptors (Lipinski definition) is 2. The molecule has 0 heterocycles. The van der Waals surface area contributed by atoms with Crippen molar-refractivity contribution in [3.63, 3.8) is 0 Å². The molecule has 26 heavy (non-hydrogen) atoms. The van der Waals surface area contributed by atoms with Gasteiger partial charge in [0.2, 0.25) is 0 Å². The second kappa shape index (κ2) is 8.65. The molecule has 1 N–H and O–H groups in total. The molecule has 2 aromatic rings. The number of carbonyl (C=O) groups excluding carboxylic acids is 2. The fourth-order valence-electron chi connectivity index (χ4n) is 3.42. The number of para-hydroxylation sites is 1. The maximum absolute atomic E-state index is 12.6. The normalized spacial score (nSPS) is 15.1. The Balaban J connectivity index is 1.64. The van der Waals surface area contributed by atoms with E-state index in [1.807, 2.05) is 30.3 Å². The molecule has 2 amide bonds. The van der Waals surface area contributed by atoms with Gasteiger partial charge in [-0.2, -0.15) is 0 Å². The Kier molecular flexibility index (Phi) is 6.05. The van der Waals surface area contributed by atoms with Gasteiger partial charge in [-0.1, -0.05) is 43.9 Å². The van der Waals surface area contributed by atoms with E-state index in [1.165, 1.54) is 25.7 Å². The zero-order valence-electron chi connectivity index (χ0n) is 15.3. The lowest BCUT2D eigenvalue weighted by atomic mass is 10.1. The molecule has 1 aliphatic rings. The van der Waals surface area contributed by atoms with Gasteiger partial charge in [0.1, 0.15) is 0 Å². The van der Waals surface area contributed by atoms with Crippen LogP contribution in [0, 0.1) is 0 Å². The Bertz CT molecular complexity index is 732. The van der Waals surface area contributed by atoms with Crippen molar-refractivity contribution in [3.05, 3.63) is 65.7 Å². The number of anilines is 1. The molecule has 2 aromatic carbocycles. The van der Waals surface area contributed by atoms with Crippen LogP contribution in [0.3, 0.4) is 0 Å². The molecule has 4 heteroatoms. The lowest BCUT2D eigenvalue weighted by molar-refractivity contribution is 0.0931. The summed E-state index contributed by atoms with van der Waals surface area (Å²) in [7, 11) is 1.75. The predicted molar refractivity (Wildman–Crippen MR) is 105 cm³/mol. The van der Waals surface area contributed by atoms with Gasteiger partial charge in [-0.05, 0) is 49.2 Å². The predicted octanol–water partition coefficient (Wildman–Crippen LogP) is 4.42. The Labute approximate surface area is 155 Å². The van der Waals surface area contributed by atoms with Crippen molar-refractivity contribution in [3.8, 4) is 0 Å². The fraction of sp³-hybridized carbons (Fsp3) is 0.364. The van der Waals surface area contributed by atoms with Gasteiger partial charge in [-0.3, -0.25) is 9.59 Å². The van der Waals surface area contributed by atoms with Crippen molar-refractivity contribution in [1.29, 1.82) is 0 Å². The standard InChI is InChI=1S/C22H26N2O2/c1-24(20-11-7-4-8-12-20)22(26)18-15-13-17(14-16-18)21(25)23-19-9-5-2-3-6-10-19/h4,7-8,11-16,19H,2-3,5-6,9-10H2,1H3,(H,23,25). The fourth-order valence-corrected chi connectivity index (χ4v) is 3.42. The zero-order chi connectivity index (χ0) is 18.4. The maximum atomic E-state index is 12.6. The molecule has 4 nitrogen and oxygen atoms in total. The molecular weight excluding hydrogens is 324 g/mol. The largest absolute Gasteiger partial charge is 0.349 e. The average molecular weight is 350 g/mol. The number of nitrogens with one attached hydrogen (secondary N) is 1. The number of carbonyl (C=O) groups is 2. The number of hydrogen-bond donors (Lipinski definition) is 1. The van der Waals surface area contributed by atoms with Gasteiger partial charge in [0.05, 0.1) is 0 Å². The van der Waals surface area contributed by atoms with Crippen LogP contribution in [0.25, 0.3) is 0 Å². The van der Waals surface area contributed by atoms with Gasteiger partial charge in [0.25, 0.3) is 11.8 Å². The highest BCUT2D eigenvalue weighted by Crippen LogP contribution is 2.18. The van der Waals surface area contributed by atoms with E-state index in [4.69, 9.17) is 0 Å². The monoisotopic (exact) mass is 350 g/mol.